The van der Waals surface area contributed by atoms with Crippen molar-refractivity contribution in [3.05, 3.63) is 0 Å². The topological polar surface area (TPSA) is 18.5 Å². The maximum atomic E-state index is 5.47. The number of hydrogen-bond acceptors (Lipinski definition) is 8. The molecule has 0 aromatic rings. The number of rotatable bonds is 23. The van der Waals surface area contributed by atoms with Crippen LogP contribution in [0.5, 0.6) is 0 Å². The molecule has 2 nitrogen and oxygen atoms in total. The van der Waals surface area contributed by atoms with Gasteiger partial charge < -0.3 is 9.47 Å². The van der Waals surface area contributed by atoms with E-state index in [0.29, 0.717) is 8.77 Å². The minimum atomic E-state index is 0.191. The molecule has 0 unspecified atom stereocenters. The first kappa shape index (κ1) is 35.2. The molecule has 0 spiro atoms. The van der Waals surface area contributed by atoms with Crippen LogP contribution >= 0.6 is 67.6 Å². The van der Waals surface area contributed by atoms with Crippen molar-refractivity contribution in [1.29, 1.82) is 0 Å². The lowest BCUT2D eigenvalue weighted by atomic mass is 10.0. The second-order valence-electron chi connectivity index (χ2n) is 9.30. The SMILES string of the molecule is CC(C)OC(=S)SSCCCCCCCCCCCCCCCCCCSSC(=S)OC(C)C. The molecule has 0 aromatic heterocycles. The first-order valence-electron chi connectivity index (χ1n) is 13.4. The van der Waals surface area contributed by atoms with Gasteiger partial charge in [0.15, 0.2) is 0 Å². The summed E-state index contributed by atoms with van der Waals surface area (Å²) in [6.45, 7) is 8.08. The van der Waals surface area contributed by atoms with Crippen molar-refractivity contribution >= 4 is 76.4 Å². The Morgan fingerprint density at radius 2 is 0.706 bits per heavy atom. The van der Waals surface area contributed by atoms with Crippen LogP contribution in [0.15, 0.2) is 0 Å². The average Bonchev–Trinajstić information content (AvgIpc) is 2.76. The van der Waals surface area contributed by atoms with Gasteiger partial charge >= 0.3 is 0 Å². The highest BCUT2D eigenvalue weighted by molar-refractivity contribution is 8.83. The molecule has 34 heavy (non-hydrogen) atoms. The van der Waals surface area contributed by atoms with E-state index in [1.165, 1.54) is 114 Å². The van der Waals surface area contributed by atoms with E-state index in [9.17, 15) is 0 Å². The third-order valence-electron chi connectivity index (χ3n) is 5.12. The standard InChI is InChI=1S/C26H50O2S6/c1-23(2)27-25(29)33-31-21-19-17-15-13-11-9-7-5-6-8-10-12-14-16-18-20-22-32-34-26(30)28-24(3)4/h23-24H,5-22H2,1-4H3. The van der Waals surface area contributed by atoms with Crippen LogP contribution in [0.3, 0.4) is 0 Å². The molecule has 0 atom stereocenters. The molecule has 0 saturated heterocycles. The van der Waals surface area contributed by atoms with Crippen molar-refractivity contribution < 1.29 is 9.47 Å². The van der Waals surface area contributed by atoms with Crippen LogP contribution in [0.1, 0.15) is 130 Å². The molecule has 202 valence electrons. The van der Waals surface area contributed by atoms with E-state index in [1.807, 2.05) is 49.3 Å². The van der Waals surface area contributed by atoms with Gasteiger partial charge in [0.2, 0.25) is 8.77 Å². The quantitative estimate of drug-likeness (QED) is 0.0660. The van der Waals surface area contributed by atoms with Crippen molar-refractivity contribution in [1.82, 2.24) is 0 Å². The van der Waals surface area contributed by atoms with E-state index in [0.717, 1.165) is 0 Å². The largest absolute Gasteiger partial charge is 0.475 e. The van der Waals surface area contributed by atoms with E-state index < -0.39 is 0 Å². The summed E-state index contributed by atoms with van der Waals surface area (Å²) in [7, 11) is 6.90. The zero-order chi connectivity index (χ0) is 25.3. The zero-order valence-electron chi connectivity index (χ0n) is 22.1. The van der Waals surface area contributed by atoms with Crippen molar-refractivity contribution in [2.45, 2.75) is 143 Å². The Balaban J connectivity index is 3.13. The molecule has 0 bridgehead atoms. The predicted octanol–water partition coefficient (Wildman–Crippen LogP) is 11.4. The number of ether oxygens (including phenoxy) is 2. The fourth-order valence-corrected chi connectivity index (χ4v) is 8.14. The summed E-state index contributed by atoms with van der Waals surface area (Å²) in [6, 6.07) is 0. The van der Waals surface area contributed by atoms with Crippen molar-refractivity contribution in [3.8, 4) is 0 Å². The van der Waals surface area contributed by atoms with Crippen molar-refractivity contribution in [2.24, 2.45) is 0 Å². The summed E-state index contributed by atoms with van der Waals surface area (Å²) in [4.78, 5) is 0. The third kappa shape index (κ3) is 29.4. The Morgan fingerprint density at radius 3 is 0.941 bits per heavy atom. The molecule has 0 aliphatic carbocycles. The molecule has 0 aliphatic rings. The molecule has 0 amide bonds. The molecule has 0 N–H and O–H groups in total. The Bertz CT molecular complexity index is 432. The minimum absolute atomic E-state index is 0.191. The molecular weight excluding hydrogens is 537 g/mol. The Kier molecular flexibility index (Phi) is 28.2. The molecule has 0 rings (SSSR count). The van der Waals surface area contributed by atoms with E-state index >= 15 is 0 Å². The summed E-state index contributed by atoms with van der Waals surface area (Å²) in [5.74, 6) is 2.35. The number of hydrogen-bond donors (Lipinski definition) is 0. The highest BCUT2D eigenvalue weighted by Crippen LogP contribution is 2.27. The van der Waals surface area contributed by atoms with Crippen molar-refractivity contribution in [3.63, 3.8) is 0 Å². The Labute approximate surface area is 238 Å². The monoisotopic (exact) mass is 586 g/mol. The molecule has 0 fully saturated rings. The van der Waals surface area contributed by atoms with Crippen LogP contribution < -0.4 is 0 Å². The second-order valence-corrected chi connectivity index (χ2v) is 15.3. The van der Waals surface area contributed by atoms with Crippen LogP contribution in [0.25, 0.3) is 0 Å². The van der Waals surface area contributed by atoms with Gasteiger partial charge in [-0.05, 0) is 86.6 Å². The van der Waals surface area contributed by atoms with Crippen LogP contribution in [0, 0.1) is 0 Å². The average molecular weight is 587 g/mol. The van der Waals surface area contributed by atoms with E-state index in [4.69, 9.17) is 33.9 Å². The maximum absolute atomic E-state index is 5.47. The molecule has 0 heterocycles. The van der Waals surface area contributed by atoms with Gasteiger partial charge in [-0.25, -0.2) is 0 Å². The van der Waals surface area contributed by atoms with E-state index in [1.54, 1.807) is 21.6 Å². The van der Waals surface area contributed by atoms with Crippen LogP contribution in [-0.2, 0) is 9.47 Å². The molecule has 0 aromatic carbocycles. The first-order valence-corrected chi connectivity index (χ1v) is 18.9. The van der Waals surface area contributed by atoms with Gasteiger partial charge in [0.25, 0.3) is 0 Å². The molecule has 8 heteroatoms. The van der Waals surface area contributed by atoms with Gasteiger partial charge in [-0.1, -0.05) is 111 Å². The fraction of sp³-hybridized carbons (Fsp3) is 0.923. The molecule has 0 aliphatic heterocycles. The summed E-state index contributed by atoms with van der Waals surface area (Å²) in [5.41, 5.74) is 0. The molecular formula is C26H50O2S6. The van der Waals surface area contributed by atoms with Gasteiger partial charge in [0, 0.05) is 11.5 Å². The minimum Gasteiger partial charge on any atom is -0.475 e. The summed E-state index contributed by atoms with van der Waals surface area (Å²) in [5, 5.41) is 0. The second kappa shape index (κ2) is 27.2. The van der Waals surface area contributed by atoms with Gasteiger partial charge in [0.1, 0.15) is 0 Å². The summed E-state index contributed by atoms with van der Waals surface area (Å²) >= 11 is 10.4. The normalized spacial score (nSPS) is 11.4. The molecule has 0 radical (unpaired) electrons. The lowest BCUT2D eigenvalue weighted by Crippen LogP contribution is -2.04. The van der Waals surface area contributed by atoms with Gasteiger partial charge in [-0.15, -0.1) is 0 Å². The summed E-state index contributed by atoms with van der Waals surface area (Å²) < 4.78 is 12.3. The van der Waals surface area contributed by atoms with E-state index in [-0.39, 0.29) is 12.2 Å². The number of thiocarbonyl (C=S) groups is 2. The van der Waals surface area contributed by atoms with Gasteiger partial charge in [0.05, 0.1) is 12.2 Å². The highest BCUT2D eigenvalue weighted by Gasteiger charge is 2.03. The van der Waals surface area contributed by atoms with Crippen LogP contribution in [0.2, 0.25) is 0 Å². The smallest absolute Gasteiger partial charge is 0.231 e. The van der Waals surface area contributed by atoms with Crippen molar-refractivity contribution in [2.75, 3.05) is 11.5 Å². The highest BCUT2D eigenvalue weighted by atomic mass is 33.1. The Morgan fingerprint density at radius 1 is 0.471 bits per heavy atom. The van der Waals surface area contributed by atoms with Crippen LogP contribution in [-0.4, -0.2) is 32.5 Å². The van der Waals surface area contributed by atoms with Gasteiger partial charge in [-0.3, -0.25) is 0 Å². The fourth-order valence-electron chi connectivity index (χ4n) is 3.40. The lowest BCUT2D eigenvalue weighted by molar-refractivity contribution is 0.243. The maximum Gasteiger partial charge on any atom is 0.231 e. The zero-order valence-corrected chi connectivity index (χ0v) is 27.0. The van der Waals surface area contributed by atoms with Crippen LogP contribution in [0.4, 0.5) is 0 Å². The third-order valence-corrected chi connectivity index (χ3v) is 10.7. The Hall–Kier alpha value is 1.18. The first-order chi connectivity index (χ1) is 16.4. The lowest BCUT2D eigenvalue weighted by Gasteiger charge is -2.09. The predicted molar refractivity (Wildman–Crippen MR) is 172 cm³/mol. The van der Waals surface area contributed by atoms with Gasteiger partial charge in [-0.2, -0.15) is 0 Å². The van der Waals surface area contributed by atoms with E-state index in [2.05, 4.69) is 0 Å². The number of unbranched alkanes of at least 4 members (excludes halogenated alkanes) is 15. The summed E-state index contributed by atoms with van der Waals surface area (Å²) in [6.07, 6.45) is 22.7. The molecule has 0 saturated carbocycles.